The molecule has 0 radical (unpaired) electrons. The molecule has 114 valence electrons. The Morgan fingerprint density at radius 2 is 1.86 bits per heavy atom. The van der Waals surface area contributed by atoms with Crippen molar-refractivity contribution in [1.29, 1.82) is 0 Å². The molecular weight excluding hydrogens is 292 g/mol. The van der Waals surface area contributed by atoms with Gasteiger partial charge in [0.15, 0.2) is 0 Å². The fourth-order valence-electron chi connectivity index (χ4n) is 2.60. The summed E-state index contributed by atoms with van der Waals surface area (Å²) in [6.07, 6.45) is 2.53. The second kappa shape index (κ2) is 6.71. The predicted octanol–water partition coefficient (Wildman–Crippen LogP) is 0.374. The Bertz CT molecular complexity index is 555. The van der Waals surface area contributed by atoms with Gasteiger partial charge >= 0.3 is 0 Å². The van der Waals surface area contributed by atoms with E-state index in [4.69, 9.17) is 0 Å². The zero-order valence-electron chi connectivity index (χ0n) is 11.7. The van der Waals surface area contributed by atoms with E-state index in [1.54, 1.807) is 12.3 Å². The molecule has 7 heteroatoms. The Morgan fingerprint density at radius 1 is 1.19 bits per heavy atom. The molecule has 2 atom stereocenters. The van der Waals surface area contributed by atoms with Gasteiger partial charge in [-0.15, -0.1) is 11.3 Å². The molecule has 21 heavy (non-hydrogen) atoms. The predicted molar refractivity (Wildman–Crippen MR) is 75.1 cm³/mol. The molecule has 0 aliphatic heterocycles. The lowest BCUT2D eigenvalue weighted by atomic mass is 9.79. The summed E-state index contributed by atoms with van der Waals surface area (Å²) in [5, 5.41) is 12.9. The fourth-order valence-corrected chi connectivity index (χ4v) is 3.42. The van der Waals surface area contributed by atoms with Crippen molar-refractivity contribution >= 4 is 29.1 Å². The average molecular weight is 309 g/mol. The summed E-state index contributed by atoms with van der Waals surface area (Å²) < 4.78 is 0. The lowest BCUT2D eigenvalue weighted by Crippen LogP contribution is -2.49. The van der Waals surface area contributed by atoms with Crippen molar-refractivity contribution in [2.24, 2.45) is 11.8 Å². The lowest BCUT2D eigenvalue weighted by molar-refractivity contribution is -0.314. The zero-order chi connectivity index (χ0) is 15.4. The minimum Gasteiger partial charge on any atom is -0.550 e. The quantitative estimate of drug-likeness (QED) is 0.788. The molecule has 0 bridgehead atoms. The third-order valence-corrected chi connectivity index (χ3v) is 4.79. The zero-order valence-corrected chi connectivity index (χ0v) is 12.5. The van der Waals surface area contributed by atoms with Crippen LogP contribution in [0.5, 0.6) is 0 Å². The summed E-state index contributed by atoms with van der Waals surface area (Å²) >= 11 is 1.28. The van der Waals surface area contributed by atoms with Crippen molar-refractivity contribution in [1.82, 2.24) is 10.9 Å². The van der Waals surface area contributed by atoms with E-state index in [2.05, 4.69) is 10.9 Å². The maximum absolute atomic E-state index is 12.1. The van der Waals surface area contributed by atoms with Crippen LogP contribution >= 0.6 is 11.3 Å². The number of aliphatic carboxylic acids is 1. The molecular formula is C14H17N2O4S-. The standard InChI is InChI=1S/C14H18N2O4S/c1-8-6-7-21-11(8)13(18)16-15-12(17)9-4-2-3-5-10(9)14(19)20/h6-7,9-10H,2-5H2,1H3,(H,15,17)(H,16,18)(H,19,20)/p-1. The number of carbonyl (C=O) groups excluding carboxylic acids is 3. The van der Waals surface area contributed by atoms with Gasteiger partial charge in [-0.2, -0.15) is 0 Å². The van der Waals surface area contributed by atoms with Crippen LogP contribution in [0.15, 0.2) is 11.4 Å². The van der Waals surface area contributed by atoms with Crippen molar-refractivity contribution < 1.29 is 19.5 Å². The molecule has 1 saturated carbocycles. The van der Waals surface area contributed by atoms with E-state index < -0.39 is 29.6 Å². The molecule has 2 unspecified atom stereocenters. The highest BCUT2D eigenvalue weighted by Gasteiger charge is 2.32. The first-order chi connectivity index (χ1) is 10.0. The Balaban J connectivity index is 1.93. The highest BCUT2D eigenvalue weighted by atomic mass is 32.1. The number of carboxylic acids is 1. The summed E-state index contributed by atoms with van der Waals surface area (Å²) in [4.78, 5) is 35.5. The highest BCUT2D eigenvalue weighted by molar-refractivity contribution is 7.12. The van der Waals surface area contributed by atoms with Crippen LogP contribution in [0.1, 0.15) is 40.9 Å². The van der Waals surface area contributed by atoms with E-state index in [0.717, 1.165) is 18.4 Å². The summed E-state index contributed by atoms with van der Waals surface area (Å²) in [6.45, 7) is 1.81. The smallest absolute Gasteiger partial charge is 0.280 e. The van der Waals surface area contributed by atoms with Gasteiger partial charge in [0.1, 0.15) is 0 Å². The van der Waals surface area contributed by atoms with Gasteiger partial charge in [-0.1, -0.05) is 12.8 Å². The average Bonchev–Trinajstić information content (AvgIpc) is 2.90. The third-order valence-electron chi connectivity index (χ3n) is 3.77. The highest BCUT2D eigenvalue weighted by Crippen LogP contribution is 2.29. The third kappa shape index (κ3) is 3.60. The number of hydrogen-bond acceptors (Lipinski definition) is 5. The maximum Gasteiger partial charge on any atom is 0.280 e. The minimum atomic E-state index is -1.20. The van der Waals surface area contributed by atoms with Crippen LogP contribution < -0.4 is 16.0 Å². The number of carboxylic acid groups (broad SMARTS) is 1. The van der Waals surface area contributed by atoms with Gasteiger partial charge in [0, 0.05) is 17.8 Å². The summed E-state index contributed by atoms with van der Waals surface area (Å²) in [5.74, 6) is -3.48. The van der Waals surface area contributed by atoms with E-state index in [0.29, 0.717) is 17.7 Å². The van der Waals surface area contributed by atoms with Gasteiger partial charge in [0.2, 0.25) is 5.91 Å². The van der Waals surface area contributed by atoms with Gasteiger partial charge in [-0.25, -0.2) is 0 Å². The molecule has 2 amide bonds. The van der Waals surface area contributed by atoms with E-state index >= 15 is 0 Å². The lowest BCUT2D eigenvalue weighted by Gasteiger charge is -2.31. The van der Waals surface area contributed by atoms with Gasteiger partial charge in [0.05, 0.1) is 4.88 Å². The Kier molecular flexibility index (Phi) is 4.95. The number of hydrazine groups is 1. The van der Waals surface area contributed by atoms with Crippen LogP contribution in [0, 0.1) is 18.8 Å². The molecule has 1 aromatic heterocycles. The second-order valence-electron chi connectivity index (χ2n) is 5.19. The number of rotatable bonds is 3. The van der Waals surface area contributed by atoms with E-state index in [9.17, 15) is 19.5 Å². The normalized spacial score (nSPS) is 21.6. The number of thiophene rings is 1. The van der Waals surface area contributed by atoms with Crippen LogP contribution in [0.4, 0.5) is 0 Å². The number of aryl methyl sites for hydroxylation is 1. The Hall–Kier alpha value is -1.89. The minimum absolute atomic E-state index is 0.392. The molecule has 1 aliphatic carbocycles. The molecule has 1 aliphatic rings. The van der Waals surface area contributed by atoms with Gasteiger partial charge < -0.3 is 9.90 Å². The fraction of sp³-hybridized carbons (Fsp3) is 0.500. The molecule has 0 spiro atoms. The topological polar surface area (TPSA) is 98.3 Å². The Labute approximate surface area is 126 Å². The molecule has 1 aromatic rings. The SMILES string of the molecule is Cc1ccsc1C(=O)NNC(=O)C1CCCCC1C(=O)[O-]. The van der Waals surface area contributed by atoms with Gasteiger partial charge in [0.25, 0.3) is 5.91 Å². The van der Waals surface area contributed by atoms with Crippen LogP contribution in [-0.2, 0) is 9.59 Å². The molecule has 0 saturated heterocycles. The van der Waals surface area contributed by atoms with Crippen molar-refractivity contribution in [3.8, 4) is 0 Å². The number of nitrogens with one attached hydrogen (secondary N) is 2. The summed E-state index contributed by atoms with van der Waals surface area (Å²) in [6, 6.07) is 1.81. The first-order valence-corrected chi connectivity index (χ1v) is 7.74. The van der Waals surface area contributed by atoms with Crippen LogP contribution in [0.3, 0.4) is 0 Å². The monoisotopic (exact) mass is 309 g/mol. The van der Waals surface area contributed by atoms with Crippen molar-refractivity contribution in [2.75, 3.05) is 0 Å². The first-order valence-electron chi connectivity index (χ1n) is 6.86. The molecule has 2 rings (SSSR count). The van der Waals surface area contributed by atoms with Crippen LogP contribution in [0.2, 0.25) is 0 Å². The molecule has 2 N–H and O–H groups in total. The molecule has 6 nitrogen and oxygen atoms in total. The molecule has 0 aromatic carbocycles. The first kappa shape index (κ1) is 15.5. The van der Waals surface area contributed by atoms with Crippen molar-refractivity contribution in [3.05, 3.63) is 21.9 Å². The maximum atomic E-state index is 12.1. The number of hydrogen-bond donors (Lipinski definition) is 2. The summed E-state index contributed by atoms with van der Waals surface area (Å²) in [5.41, 5.74) is 5.50. The largest absolute Gasteiger partial charge is 0.550 e. The molecule has 1 fully saturated rings. The van der Waals surface area contributed by atoms with Crippen molar-refractivity contribution in [3.63, 3.8) is 0 Å². The Morgan fingerprint density at radius 3 is 2.43 bits per heavy atom. The van der Waals surface area contributed by atoms with E-state index in [1.165, 1.54) is 11.3 Å². The number of amides is 2. The van der Waals surface area contributed by atoms with E-state index in [1.807, 2.05) is 6.07 Å². The summed E-state index contributed by atoms with van der Waals surface area (Å²) in [7, 11) is 0. The van der Waals surface area contributed by atoms with Gasteiger partial charge in [-0.05, 0) is 36.8 Å². The van der Waals surface area contributed by atoms with Crippen LogP contribution in [-0.4, -0.2) is 17.8 Å². The second-order valence-corrected chi connectivity index (χ2v) is 6.11. The van der Waals surface area contributed by atoms with E-state index in [-0.39, 0.29) is 0 Å². The van der Waals surface area contributed by atoms with Gasteiger partial charge in [-0.3, -0.25) is 20.4 Å². The molecule has 1 heterocycles. The van der Waals surface area contributed by atoms with Crippen LogP contribution in [0.25, 0.3) is 0 Å². The van der Waals surface area contributed by atoms with Crippen molar-refractivity contribution in [2.45, 2.75) is 32.6 Å². The number of carbonyl (C=O) groups is 3.